The van der Waals surface area contributed by atoms with E-state index < -0.39 is 0 Å². The second kappa shape index (κ2) is 7.41. The highest BCUT2D eigenvalue weighted by Gasteiger charge is 2.01. The third-order valence-electron chi connectivity index (χ3n) is 2.23. The fourth-order valence-electron chi connectivity index (χ4n) is 1.47. The molecule has 1 N–H and O–H groups in total. The number of rotatable bonds is 8. The average Bonchev–Trinajstić information content (AvgIpc) is 2.69. The summed E-state index contributed by atoms with van der Waals surface area (Å²) < 4.78 is 7.58. The molecule has 0 aliphatic rings. The molecule has 4 nitrogen and oxygen atoms in total. The molecular weight excluding hydrogens is 202 g/mol. The van der Waals surface area contributed by atoms with Gasteiger partial charge in [0.2, 0.25) is 0 Å². The van der Waals surface area contributed by atoms with Gasteiger partial charge < -0.3 is 14.6 Å². The first kappa shape index (κ1) is 13.2. The first-order valence-electron chi connectivity index (χ1n) is 5.95. The van der Waals surface area contributed by atoms with Crippen LogP contribution in [0.15, 0.2) is 18.7 Å². The first-order chi connectivity index (χ1) is 7.68. The quantitative estimate of drug-likeness (QED) is 0.682. The summed E-state index contributed by atoms with van der Waals surface area (Å²) in [4.78, 5) is 4.01. The van der Waals surface area contributed by atoms with Gasteiger partial charge in [-0.1, -0.05) is 13.8 Å². The number of ether oxygens (including phenoxy) is 1. The summed E-state index contributed by atoms with van der Waals surface area (Å²) in [7, 11) is 0. The van der Waals surface area contributed by atoms with Crippen molar-refractivity contribution in [1.29, 1.82) is 0 Å². The number of imidazole rings is 1. The lowest BCUT2D eigenvalue weighted by Gasteiger charge is -2.14. The third-order valence-corrected chi connectivity index (χ3v) is 2.23. The molecule has 1 heterocycles. The van der Waals surface area contributed by atoms with E-state index in [1.807, 2.05) is 12.5 Å². The minimum absolute atomic E-state index is 0.442. The molecule has 1 aromatic heterocycles. The smallest absolute Gasteiger partial charge is 0.0946 e. The van der Waals surface area contributed by atoms with Crippen molar-refractivity contribution in [2.24, 2.45) is 5.92 Å². The third kappa shape index (κ3) is 5.88. The molecule has 1 rings (SSSR count). The van der Waals surface area contributed by atoms with Crippen molar-refractivity contribution in [2.45, 2.75) is 33.4 Å². The monoisotopic (exact) mass is 225 g/mol. The van der Waals surface area contributed by atoms with E-state index in [-0.39, 0.29) is 0 Å². The number of hydrogen-bond donors (Lipinski definition) is 1. The van der Waals surface area contributed by atoms with E-state index in [1.165, 1.54) is 0 Å². The zero-order valence-corrected chi connectivity index (χ0v) is 10.5. The minimum Gasteiger partial charge on any atom is -0.380 e. The molecule has 0 aliphatic heterocycles. The summed E-state index contributed by atoms with van der Waals surface area (Å²) in [6, 6.07) is 0.442. The Morgan fingerprint density at radius 3 is 2.81 bits per heavy atom. The molecule has 0 saturated carbocycles. The van der Waals surface area contributed by atoms with Crippen molar-refractivity contribution in [3.63, 3.8) is 0 Å². The molecule has 0 bridgehead atoms. The van der Waals surface area contributed by atoms with E-state index >= 15 is 0 Å². The molecule has 0 spiro atoms. The number of nitrogens with one attached hydrogen (secondary N) is 1. The van der Waals surface area contributed by atoms with Crippen molar-refractivity contribution in [3.05, 3.63) is 18.7 Å². The van der Waals surface area contributed by atoms with E-state index in [1.54, 1.807) is 6.20 Å². The summed E-state index contributed by atoms with van der Waals surface area (Å²) in [5.41, 5.74) is 0. The molecule has 4 heteroatoms. The van der Waals surface area contributed by atoms with Crippen LogP contribution in [0, 0.1) is 5.92 Å². The molecule has 1 unspecified atom stereocenters. The van der Waals surface area contributed by atoms with Crippen LogP contribution in [0.2, 0.25) is 0 Å². The molecule has 92 valence electrons. The highest BCUT2D eigenvalue weighted by Crippen LogP contribution is 1.93. The molecular formula is C12H23N3O. The molecule has 0 fully saturated rings. The number of nitrogens with zero attached hydrogens (tertiary/aromatic N) is 2. The number of aromatic nitrogens is 2. The van der Waals surface area contributed by atoms with Gasteiger partial charge in [-0.05, 0) is 12.8 Å². The Morgan fingerprint density at radius 1 is 1.38 bits per heavy atom. The van der Waals surface area contributed by atoms with Crippen LogP contribution in [-0.2, 0) is 11.3 Å². The standard InChI is InChI=1S/C12H23N3O/c1-11(2)9-16-7-5-14-12(3)8-15-6-4-13-10-15/h4,6,10-12,14H,5,7-9H2,1-3H3. The topological polar surface area (TPSA) is 39.1 Å². The van der Waals surface area contributed by atoms with Crippen LogP contribution >= 0.6 is 0 Å². The van der Waals surface area contributed by atoms with Crippen molar-refractivity contribution in [3.8, 4) is 0 Å². The molecule has 16 heavy (non-hydrogen) atoms. The van der Waals surface area contributed by atoms with Gasteiger partial charge in [0, 0.05) is 38.1 Å². The van der Waals surface area contributed by atoms with Gasteiger partial charge in [-0.2, -0.15) is 0 Å². The Kier molecular flexibility index (Phi) is 6.11. The van der Waals surface area contributed by atoms with Crippen LogP contribution < -0.4 is 5.32 Å². The molecule has 0 radical (unpaired) electrons. The van der Waals surface area contributed by atoms with E-state index in [2.05, 4.69) is 35.6 Å². The second-order valence-corrected chi connectivity index (χ2v) is 4.58. The molecule has 0 aliphatic carbocycles. The lowest BCUT2D eigenvalue weighted by molar-refractivity contribution is 0.110. The zero-order chi connectivity index (χ0) is 11.8. The fraction of sp³-hybridized carbons (Fsp3) is 0.750. The van der Waals surface area contributed by atoms with Gasteiger partial charge in [0.25, 0.3) is 0 Å². The largest absolute Gasteiger partial charge is 0.380 e. The van der Waals surface area contributed by atoms with Gasteiger partial charge in [-0.15, -0.1) is 0 Å². The van der Waals surface area contributed by atoms with E-state index in [4.69, 9.17) is 4.74 Å². The maximum atomic E-state index is 5.50. The Hall–Kier alpha value is -0.870. The lowest BCUT2D eigenvalue weighted by Crippen LogP contribution is -2.33. The van der Waals surface area contributed by atoms with Crippen molar-refractivity contribution in [2.75, 3.05) is 19.8 Å². The zero-order valence-electron chi connectivity index (χ0n) is 10.5. The van der Waals surface area contributed by atoms with Crippen LogP contribution in [0.4, 0.5) is 0 Å². The predicted molar refractivity (Wildman–Crippen MR) is 65.3 cm³/mol. The van der Waals surface area contributed by atoms with Crippen LogP contribution in [0.25, 0.3) is 0 Å². The van der Waals surface area contributed by atoms with Crippen LogP contribution in [0.5, 0.6) is 0 Å². The molecule has 0 saturated heterocycles. The van der Waals surface area contributed by atoms with E-state index in [0.717, 1.165) is 26.3 Å². The first-order valence-corrected chi connectivity index (χ1v) is 5.95. The highest BCUT2D eigenvalue weighted by atomic mass is 16.5. The van der Waals surface area contributed by atoms with Gasteiger partial charge in [0.15, 0.2) is 0 Å². The maximum absolute atomic E-state index is 5.50. The predicted octanol–water partition coefficient (Wildman–Crippen LogP) is 1.53. The van der Waals surface area contributed by atoms with Gasteiger partial charge >= 0.3 is 0 Å². The summed E-state index contributed by atoms with van der Waals surface area (Å²) in [5.74, 6) is 0.614. The van der Waals surface area contributed by atoms with Crippen LogP contribution in [0.3, 0.4) is 0 Å². The molecule has 1 atom stereocenters. The van der Waals surface area contributed by atoms with E-state index in [0.29, 0.717) is 12.0 Å². The van der Waals surface area contributed by atoms with Crippen molar-refractivity contribution >= 4 is 0 Å². The average molecular weight is 225 g/mol. The van der Waals surface area contributed by atoms with Crippen LogP contribution in [-0.4, -0.2) is 35.4 Å². The SMILES string of the molecule is CC(C)COCCNC(C)Cn1ccnc1. The fourth-order valence-corrected chi connectivity index (χ4v) is 1.47. The summed E-state index contributed by atoms with van der Waals surface area (Å²) >= 11 is 0. The normalized spacial score (nSPS) is 13.2. The lowest BCUT2D eigenvalue weighted by atomic mass is 10.2. The summed E-state index contributed by atoms with van der Waals surface area (Å²) in [5, 5.41) is 3.42. The summed E-state index contributed by atoms with van der Waals surface area (Å²) in [6.45, 7) is 9.98. The summed E-state index contributed by atoms with van der Waals surface area (Å²) in [6.07, 6.45) is 5.62. The van der Waals surface area contributed by atoms with Crippen LogP contribution in [0.1, 0.15) is 20.8 Å². The van der Waals surface area contributed by atoms with E-state index in [9.17, 15) is 0 Å². The molecule has 0 amide bonds. The van der Waals surface area contributed by atoms with Crippen molar-refractivity contribution < 1.29 is 4.74 Å². The molecule has 1 aromatic rings. The molecule has 0 aromatic carbocycles. The van der Waals surface area contributed by atoms with Gasteiger partial charge in [0.1, 0.15) is 0 Å². The maximum Gasteiger partial charge on any atom is 0.0946 e. The Morgan fingerprint density at radius 2 is 2.19 bits per heavy atom. The van der Waals surface area contributed by atoms with Crippen molar-refractivity contribution in [1.82, 2.24) is 14.9 Å². The Bertz CT molecular complexity index is 259. The minimum atomic E-state index is 0.442. The Labute approximate surface area is 98.0 Å². The second-order valence-electron chi connectivity index (χ2n) is 4.58. The Balaban J connectivity index is 2.00. The highest BCUT2D eigenvalue weighted by molar-refractivity contribution is 4.76. The van der Waals surface area contributed by atoms with Gasteiger partial charge in [-0.25, -0.2) is 4.98 Å². The number of hydrogen-bond acceptors (Lipinski definition) is 3. The van der Waals surface area contributed by atoms with Gasteiger partial charge in [0.05, 0.1) is 12.9 Å². The van der Waals surface area contributed by atoms with Gasteiger partial charge in [-0.3, -0.25) is 0 Å².